The molecular weight excluding hydrogens is 346 g/mol. The first-order valence-corrected chi connectivity index (χ1v) is 8.94. The second-order valence-electron chi connectivity index (χ2n) is 6.68. The predicted molar refractivity (Wildman–Crippen MR) is 101 cm³/mol. The third kappa shape index (κ3) is 4.22. The van der Waals surface area contributed by atoms with Crippen LogP contribution in [-0.2, 0) is 15.0 Å². The number of hydrogen-bond donors (Lipinski definition) is 2. The maximum atomic E-state index is 13.1. The quantitative estimate of drug-likeness (QED) is 0.779. The Balaban J connectivity index is 1.74. The number of carboxylic acid groups (broad SMARTS) is 1. The Kier molecular flexibility index (Phi) is 5.64. The average molecular weight is 369 g/mol. The van der Waals surface area contributed by atoms with Gasteiger partial charge in [0, 0.05) is 5.69 Å². The smallest absolute Gasteiger partial charge is 0.341 e. The standard InChI is InChI=1S/C21H23NO5/c1-26-17-8-4-15(5-9-17)21(12-2-3-13-21)20(25)22-16-6-10-18(11-7-16)27-14-19(23)24/h4-11H,2-3,12-14H2,1H3,(H,22,25)(H,23,24). The van der Waals surface area contributed by atoms with Crippen LogP contribution in [0.5, 0.6) is 11.5 Å². The molecule has 142 valence electrons. The number of carboxylic acids is 1. The number of carbonyl (C=O) groups is 2. The van der Waals surface area contributed by atoms with E-state index in [9.17, 15) is 9.59 Å². The summed E-state index contributed by atoms with van der Waals surface area (Å²) >= 11 is 0. The van der Waals surface area contributed by atoms with Gasteiger partial charge in [0.15, 0.2) is 6.61 Å². The lowest BCUT2D eigenvalue weighted by Gasteiger charge is -2.28. The molecule has 0 atom stereocenters. The molecular formula is C21H23NO5. The molecule has 2 aromatic carbocycles. The van der Waals surface area contributed by atoms with E-state index < -0.39 is 18.0 Å². The lowest BCUT2D eigenvalue weighted by molar-refractivity contribution is -0.139. The highest BCUT2D eigenvalue weighted by Crippen LogP contribution is 2.42. The molecule has 2 N–H and O–H groups in total. The fourth-order valence-electron chi connectivity index (χ4n) is 3.57. The summed E-state index contributed by atoms with van der Waals surface area (Å²) in [6, 6.07) is 14.4. The molecule has 0 spiro atoms. The van der Waals surface area contributed by atoms with Gasteiger partial charge in [0.05, 0.1) is 12.5 Å². The minimum absolute atomic E-state index is 0.0237. The largest absolute Gasteiger partial charge is 0.497 e. The number of amides is 1. The SMILES string of the molecule is COc1ccc(C2(C(=O)Nc3ccc(OCC(=O)O)cc3)CCCC2)cc1. The molecule has 2 aromatic rings. The number of carbonyl (C=O) groups excluding carboxylic acids is 1. The molecule has 3 rings (SSSR count). The zero-order valence-corrected chi connectivity index (χ0v) is 15.2. The zero-order chi connectivity index (χ0) is 19.3. The average Bonchev–Trinajstić information content (AvgIpc) is 3.19. The van der Waals surface area contributed by atoms with Crippen LogP contribution in [0.4, 0.5) is 5.69 Å². The summed E-state index contributed by atoms with van der Waals surface area (Å²) in [5.74, 6) is 0.157. The molecule has 6 heteroatoms. The third-order valence-electron chi connectivity index (χ3n) is 5.01. The van der Waals surface area contributed by atoms with Crippen molar-refractivity contribution >= 4 is 17.6 Å². The van der Waals surface area contributed by atoms with E-state index in [-0.39, 0.29) is 5.91 Å². The van der Waals surface area contributed by atoms with Crippen molar-refractivity contribution in [1.82, 2.24) is 0 Å². The van der Waals surface area contributed by atoms with Crippen LogP contribution in [0, 0.1) is 0 Å². The second kappa shape index (κ2) is 8.12. The van der Waals surface area contributed by atoms with Gasteiger partial charge in [0.2, 0.25) is 5.91 Å². The number of nitrogens with one attached hydrogen (secondary N) is 1. The van der Waals surface area contributed by atoms with Crippen LogP contribution < -0.4 is 14.8 Å². The summed E-state index contributed by atoms with van der Waals surface area (Å²) in [6.45, 7) is -0.397. The van der Waals surface area contributed by atoms with Crippen LogP contribution in [0.2, 0.25) is 0 Å². The van der Waals surface area contributed by atoms with Crippen molar-refractivity contribution in [3.05, 3.63) is 54.1 Å². The topological polar surface area (TPSA) is 84.9 Å². The highest BCUT2D eigenvalue weighted by molar-refractivity contribution is 5.99. The van der Waals surface area contributed by atoms with Gasteiger partial charge in [-0.15, -0.1) is 0 Å². The fraction of sp³-hybridized carbons (Fsp3) is 0.333. The Morgan fingerprint density at radius 3 is 2.15 bits per heavy atom. The van der Waals surface area contributed by atoms with Crippen LogP contribution in [0.1, 0.15) is 31.2 Å². The Morgan fingerprint density at radius 1 is 1.00 bits per heavy atom. The molecule has 1 fully saturated rings. The molecule has 1 amide bonds. The summed E-state index contributed by atoms with van der Waals surface area (Å²) in [6.07, 6.45) is 3.65. The zero-order valence-electron chi connectivity index (χ0n) is 15.2. The molecule has 0 unspecified atom stereocenters. The van der Waals surface area contributed by atoms with Crippen LogP contribution in [0.15, 0.2) is 48.5 Å². The number of methoxy groups -OCH3 is 1. The second-order valence-corrected chi connectivity index (χ2v) is 6.68. The summed E-state index contributed by atoms with van der Waals surface area (Å²) in [4.78, 5) is 23.7. The van der Waals surface area contributed by atoms with Crippen LogP contribution in [0.25, 0.3) is 0 Å². The third-order valence-corrected chi connectivity index (χ3v) is 5.01. The summed E-state index contributed by atoms with van der Waals surface area (Å²) in [5.41, 5.74) is 1.12. The van der Waals surface area contributed by atoms with Crippen molar-refractivity contribution in [3.8, 4) is 11.5 Å². The molecule has 0 bridgehead atoms. The predicted octanol–water partition coefficient (Wildman–Crippen LogP) is 3.61. The van der Waals surface area contributed by atoms with E-state index in [1.54, 1.807) is 31.4 Å². The molecule has 0 heterocycles. The number of hydrogen-bond acceptors (Lipinski definition) is 4. The van der Waals surface area contributed by atoms with Crippen molar-refractivity contribution < 1.29 is 24.2 Å². The maximum Gasteiger partial charge on any atom is 0.341 e. The lowest BCUT2D eigenvalue weighted by atomic mass is 9.78. The van der Waals surface area contributed by atoms with Gasteiger partial charge in [-0.3, -0.25) is 4.79 Å². The monoisotopic (exact) mass is 369 g/mol. The molecule has 0 aromatic heterocycles. The van der Waals surface area contributed by atoms with Gasteiger partial charge in [0.25, 0.3) is 0 Å². The number of anilines is 1. The molecule has 1 aliphatic rings. The molecule has 27 heavy (non-hydrogen) atoms. The molecule has 0 saturated heterocycles. The lowest BCUT2D eigenvalue weighted by Crippen LogP contribution is -2.37. The Bertz CT molecular complexity index is 792. The van der Waals surface area contributed by atoms with E-state index in [1.807, 2.05) is 24.3 Å². The van der Waals surface area contributed by atoms with Crippen LogP contribution in [0.3, 0.4) is 0 Å². The first kappa shape index (κ1) is 18.8. The van der Waals surface area contributed by atoms with Gasteiger partial charge in [-0.25, -0.2) is 4.79 Å². The van der Waals surface area contributed by atoms with E-state index >= 15 is 0 Å². The minimum Gasteiger partial charge on any atom is -0.497 e. The molecule has 1 aliphatic carbocycles. The van der Waals surface area contributed by atoms with Crippen molar-refractivity contribution in [1.29, 1.82) is 0 Å². The van der Waals surface area contributed by atoms with Gasteiger partial charge in [-0.2, -0.15) is 0 Å². The Hall–Kier alpha value is -3.02. The molecule has 1 saturated carbocycles. The maximum absolute atomic E-state index is 13.1. The first-order chi connectivity index (χ1) is 13.0. The van der Waals surface area contributed by atoms with E-state index in [1.165, 1.54) is 0 Å². The summed E-state index contributed by atoms with van der Waals surface area (Å²) < 4.78 is 10.3. The number of aliphatic carboxylic acids is 1. The van der Waals surface area contributed by atoms with Gasteiger partial charge in [0.1, 0.15) is 11.5 Å². The first-order valence-electron chi connectivity index (χ1n) is 8.94. The number of benzene rings is 2. The number of rotatable bonds is 7. The molecule has 6 nitrogen and oxygen atoms in total. The van der Waals surface area contributed by atoms with Crippen molar-refractivity contribution in [2.45, 2.75) is 31.1 Å². The van der Waals surface area contributed by atoms with Crippen molar-refractivity contribution in [2.75, 3.05) is 19.0 Å². The minimum atomic E-state index is -1.03. The van der Waals surface area contributed by atoms with E-state index in [4.69, 9.17) is 14.6 Å². The van der Waals surface area contributed by atoms with Crippen molar-refractivity contribution in [3.63, 3.8) is 0 Å². The highest BCUT2D eigenvalue weighted by Gasteiger charge is 2.42. The molecule has 0 aliphatic heterocycles. The van der Waals surface area contributed by atoms with Crippen LogP contribution in [-0.4, -0.2) is 30.7 Å². The van der Waals surface area contributed by atoms with E-state index in [0.29, 0.717) is 11.4 Å². The van der Waals surface area contributed by atoms with Crippen molar-refractivity contribution in [2.24, 2.45) is 0 Å². The summed E-state index contributed by atoms with van der Waals surface area (Å²) in [5, 5.41) is 11.7. The van der Waals surface area contributed by atoms with E-state index in [2.05, 4.69) is 5.32 Å². The molecule has 0 radical (unpaired) electrons. The van der Waals surface area contributed by atoms with E-state index in [0.717, 1.165) is 37.0 Å². The van der Waals surface area contributed by atoms with Gasteiger partial charge < -0.3 is 19.9 Å². The Labute approximate surface area is 158 Å². The summed E-state index contributed by atoms with van der Waals surface area (Å²) in [7, 11) is 1.62. The Morgan fingerprint density at radius 2 is 1.59 bits per heavy atom. The van der Waals surface area contributed by atoms with Gasteiger partial charge in [-0.1, -0.05) is 25.0 Å². The highest BCUT2D eigenvalue weighted by atomic mass is 16.5. The fourth-order valence-corrected chi connectivity index (χ4v) is 3.57. The van der Waals surface area contributed by atoms with Crippen LogP contribution >= 0.6 is 0 Å². The van der Waals surface area contributed by atoms with Gasteiger partial charge in [-0.05, 0) is 54.8 Å². The number of ether oxygens (including phenoxy) is 2. The van der Waals surface area contributed by atoms with Gasteiger partial charge >= 0.3 is 5.97 Å². The normalized spacial score (nSPS) is 15.1.